The van der Waals surface area contributed by atoms with Gasteiger partial charge in [-0.3, -0.25) is 15.1 Å². The van der Waals surface area contributed by atoms with E-state index in [-0.39, 0.29) is 17.9 Å². The zero-order valence-electron chi connectivity index (χ0n) is 7.04. The summed E-state index contributed by atoms with van der Waals surface area (Å²) in [5.74, 6) is -0.606. The van der Waals surface area contributed by atoms with Crippen LogP contribution in [0, 0.1) is 5.41 Å². The second-order valence-corrected chi connectivity index (χ2v) is 2.77. The van der Waals surface area contributed by atoms with Gasteiger partial charge in [-0.2, -0.15) is 0 Å². The maximum atomic E-state index is 10.9. The fraction of sp³-hybridized carbons (Fsp3) is 0.500. The lowest BCUT2D eigenvalue weighted by molar-refractivity contribution is -0.142. The molecule has 0 rings (SSSR count). The lowest BCUT2D eigenvalue weighted by atomic mass is 10.6. The van der Waals surface area contributed by atoms with Crippen LogP contribution in [0.1, 0.15) is 6.92 Å². The number of amides is 2. The normalized spacial score (nSPS) is 9.08. The molecule has 2 amide bonds. The molecule has 3 N–H and O–H groups in total. The summed E-state index contributed by atoms with van der Waals surface area (Å²) in [5.41, 5.74) is 4.89. The summed E-state index contributed by atoms with van der Waals surface area (Å²) < 4.78 is 4.30. The van der Waals surface area contributed by atoms with Gasteiger partial charge in [0.25, 0.3) is 0 Å². The van der Waals surface area contributed by atoms with Crippen LogP contribution in [0.2, 0.25) is 0 Å². The van der Waals surface area contributed by atoms with Gasteiger partial charge >= 0.3 is 12.0 Å². The Labute approximate surface area is 83.7 Å². The van der Waals surface area contributed by atoms with Crippen LogP contribution in [0.4, 0.5) is 4.79 Å². The molecule has 0 aromatic rings. The fourth-order valence-corrected chi connectivity index (χ4v) is 0.880. The van der Waals surface area contributed by atoms with E-state index in [1.165, 1.54) is 0 Å². The van der Waals surface area contributed by atoms with Gasteiger partial charge in [0.05, 0.1) is 6.61 Å². The third kappa shape index (κ3) is 4.46. The first kappa shape index (κ1) is 11.9. The van der Waals surface area contributed by atoms with E-state index in [0.29, 0.717) is 0 Å². The average molecular weight is 252 g/mol. The molecule has 0 atom stereocenters. The Morgan fingerprint density at radius 1 is 1.62 bits per heavy atom. The number of halogens is 1. The molecule has 7 heteroatoms. The summed E-state index contributed by atoms with van der Waals surface area (Å²) in [6, 6.07) is -0.880. The highest BCUT2D eigenvalue weighted by Crippen LogP contribution is 1.97. The number of nitrogens with zero attached hydrogens (tertiary/aromatic N) is 1. The van der Waals surface area contributed by atoms with Crippen molar-refractivity contribution in [2.45, 2.75) is 6.92 Å². The quantitative estimate of drug-likeness (QED) is 0.326. The van der Waals surface area contributed by atoms with Gasteiger partial charge in [-0.25, -0.2) is 4.79 Å². The van der Waals surface area contributed by atoms with Crippen LogP contribution >= 0.6 is 15.9 Å². The van der Waals surface area contributed by atoms with Crippen molar-refractivity contribution in [3.8, 4) is 0 Å². The largest absolute Gasteiger partial charge is 0.465 e. The maximum Gasteiger partial charge on any atom is 0.326 e. The lowest BCUT2D eigenvalue weighted by Gasteiger charge is -2.15. The standard InChI is InChI=1S/C6H10BrN3O3/c1-2-13-4(11)3-10(5(7)8)6(9)12/h8H,2-3H2,1H3,(H2,9,12). The molecule has 0 unspecified atom stereocenters. The molecule has 0 bridgehead atoms. The summed E-state index contributed by atoms with van der Waals surface area (Å²) >= 11 is 2.72. The molecule has 0 aliphatic heterocycles. The third-order valence-electron chi connectivity index (χ3n) is 1.10. The van der Waals surface area contributed by atoms with E-state index in [1.807, 2.05) is 0 Å². The van der Waals surface area contributed by atoms with Gasteiger partial charge in [0, 0.05) is 0 Å². The van der Waals surface area contributed by atoms with Crippen molar-refractivity contribution < 1.29 is 14.3 Å². The molecular weight excluding hydrogens is 242 g/mol. The van der Waals surface area contributed by atoms with Crippen LogP contribution in [0.15, 0.2) is 0 Å². The van der Waals surface area contributed by atoms with Crippen molar-refractivity contribution in [1.82, 2.24) is 4.90 Å². The van der Waals surface area contributed by atoms with Crippen LogP contribution in [-0.2, 0) is 9.53 Å². The van der Waals surface area contributed by atoms with Crippen LogP contribution in [0.25, 0.3) is 0 Å². The van der Waals surface area contributed by atoms with Gasteiger partial charge in [-0.1, -0.05) is 0 Å². The van der Waals surface area contributed by atoms with Gasteiger partial charge in [0.15, 0.2) is 4.74 Å². The van der Waals surface area contributed by atoms with E-state index in [4.69, 9.17) is 11.1 Å². The number of nitrogens with two attached hydrogens (primary N) is 1. The molecule has 0 aromatic heterocycles. The van der Waals surface area contributed by atoms with Crippen molar-refractivity contribution in [1.29, 1.82) is 5.41 Å². The fourth-order valence-electron chi connectivity index (χ4n) is 0.580. The summed E-state index contributed by atoms with van der Waals surface area (Å²) in [7, 11) is 0. The first-order valence-corrected chi connectivity index (χ1v) is 4.25. The number of hydrogen-bond acceptors (Lipinski definition) is 4. The number of urea groups is 1. The molecule has 0 saturated carbocycles. The highest BCUT2D eigenvalue weighted by molar-refractivity contribution is 9.18. The molecule has 0 spiro atoms. The molecule has 6 nitrogen and oxygen atoms in total. The number of hydrogen-bond donors (Lipinski definition) is 2. The number of amidine groups is 1. The number of primary amides is 1. The van der Waals surface area contributed by atoms with Crippen LogP contribution < -0.4 is 5.73 Å². The third-order valence-corrected chi connectivity index (χ3v) is 1.52. The highest BCUT2D eigenvalue weighted by atomic mass is 79.9. The smallest absolute Gasteiger partial charge is 0.326 e. The Bertz CT molecular complexity index is 217. The predicted molar refractivity (Wildman–Crippen MR) is 49.6 cm³/mol. The summed E-state index contributed by atoms with van der Waals surface area (Å²) in [6.45, 7) is 1.51. The summed E-state index contributed by atoms with van der Waals surface area (Å²) in [5, 5.41) is 7.04. The molecular formula is C6H10BrN3O3. The summed E-state index contributed by atoms with van der Waals surface area (Å²) in [4.78, 5) is 22.3. The van der Waals surface area contributed by atoms with Crippen LogP contribution in [-0.4, -0.2) is 34.8 Å². The minimum absolute atomic E-state index is 0.223. The van der Waals surface area contributed by atoms with Gasteiger partial charge in [0.2, 0.25) is 0 Å². The molecule has 0 fully saturated rings. The van der Waals surface area contributed by atoms with Crippen molar-refractivity contribution in [3.63, 3.8) is 0 Å². The molecule has 74 valence electrons. The number of esters is 1. The van der Waals surface area contributed by atoms with Gasteiger partial charge in [-0.15, -0.1) is 0 Å². The SMILES string of the molecule is CCOC(=O)CN(C(=N)Br)C(N)=O. The van der Waals surface area contributed by atoms with Crippen molar-refractivity contribution in [2.24, 2.45) is 5.73 Å². The van der Waals surface area contributed by atoms with Gasteiger partial charge < -0.3 is 10.5 Å². The molecule has 0 heterocycles. The van der Waals surface area contributed by atoms with Gasteiger partial charge in [0.1, 0.15) is 6.54 Å². The Hall–Kier alpha value is -1.11. The predicted octanol–water partition coefficient (Wildman–Crippen LogP) is 0.260. The molecule has 0 aliphatic rings. The first-order valence-electron chi connectivity index (χ1n) is 3.45. The Kier molecular flexibility index (Phi) is 5.05. The first-order chi connectivity index (χ1) is 5.99. The minimum Gasteiger partial charge on any atom is -0.465 e. The molecule has 0 aliphatic carbocycles. The maximum absolute atomic E-state index is 10.9. The zero-order valence-corrected chi connectivity index (χ0v) is 8.63. The number of nitrogens with one attached hydrogen (secondary N) is 1. The zero-order chi connectivity index (χ0) is 10.4. The monoisotopic (exact) mass is 251 g/mol. The average Bonchev–Trinajstić information content (AvgIpc) is 1.99. The second-order valence-electron chi connectivity index (χ2n) is 2.02. The van der Waals surface area contributed by atoms with Crippen LogP contribution in [0.3, 0.4) is 0 Å². The molecule has 13 heavy (non-hydrogen) atoms. The number of carbonyl (C=O) groups excluding carboxylic acids is 2. The number of rotatable bonds is 3. The van der Waals surface area contributed by atoms with Crippen molar-refractivity contribution in [3.05, 3.63) is 0 Å². The van der Waals surface area contributed by atoms with E-state index in [2.05, 4.69) is 20.7 Å². The van der Waals surface area contributed by atoms with Crippen LogP contribution in [0.5, 0.6) is 0 Å². The second kappa shape index (κ2) is 5.52. The van der Waals surface area contributed by atoms with Crippen molar-refractivity contribution in [2.75, 3.05) is 13.2 Å². The Balaban J connectivity index is 4.19. The number of ether oxygens (including phenoxy) is 1. The number of carbonyl (C=O) groups is 2. The summed E-state index contributed by atoms with van der Waals surface area (Å²) in [6.07, 6.45) is 0. The van der Waals surface area contributed by atoms with E-state index in [0.717, 1.165) is 4.90 Å². The van der Waals surface area contributed by atoms with Crippen molar-refractivity contribution >= 4 is 32.7 Å². The molecule has 0 saturated heterocycles. The Morgan fingerprint density at radius 2 is 2.15 bits per heavy atom. The van der Waals surface area contributed by atoms with E-state index in [9.17, 15) is 9.59 Å². The van der Waals surface area contributed by atoms with E-state index in [1.54, 1.807) is 6.92 Å². The highest BCUT2D eigenvalue weighted by Gasteiger charge is 2.17. The van der Waals surface area contributed by atoms with E-state index >= 15 is 0 Å². The van der Waals surface area contributed by atoms with E-state index < -0.39 is 12.0 Å². The molecule has 0 aromatic carbocycles. The molecule has 0 radical (unpaired) electrons. The topological polar surface area (TPSA) is 96.5 Å². The minimum atomic E-state index is -0.880. The van der Waals surface area contributed by atoms with Gasteiger partial charge in [-0.05, 0) is 22.9 Å². The lowest BCUT2D eigenvalue weighted by Crippen LogP contribution is -2.41. The Morgan fingerprint density at radius 3 is 2.46 bits per heavy atom.